The van der Waals surface area contributed by atoms with Crippen molar-refractivity contribution in [2.45, 2.75) is 36.9 Å². The molecular weight excluding hydrogens is 352 g/mol. The first-order valence-electron chi connectivity index (χ1n) is 8.33. The number of rotatable bonds is 8. The molecule has 1 saturated carbocycles. The van der Waals surface area contributed by atoms with Gasteiger partial charge >= 0.3 is 0 Å². The molecule has 0 saturated heterocycles. The number of ether oxygens (including phenoxy) is 1. The van der Waals surface area contributed by atoms with Gasteiger partial charge in [0.1, 0.15) is 11.3 Å². The fourth-order valence-electron chi connectivity index (χ4n) is 2.62. The summed E-state index contributed by atoms with van der Waals surface area (Å²) in [6, 6.07) is 9.82. The minimum absolute atomic E-state index is 0.133. The third kappa shape index (κ3) is 4.55. The topological polar surface area (TPSA) is 101 Å². The molecule has 1 atom stereocenters. The van der Waals surface area contributed by atoms with Gasteiger partial charge in [-0.2, -0.15) is 5.26 Å². The molecule has 0 spiro atoms. The normalized spacial score (nSPS) is 15.7. The maximum absolute atomic E-state index is 12.1. The van der Waals surface area contributed by atoms with Crippen LogP contribution >= 0.6 is 11.8 Å². The lowest BCUT2D eigenvalue weighted by Gasteiger charge is -2.22. The molecule has 0 radical (unpaired) electrons. The first-order chi connectivity index (χ1) is 12.5. The summed E-state index contributed by atoms with van der Waals surface area (Å²) < 4.78 is 10.7. The Balaban J connectivity index is 1.50. The largest absolute Gasteiger partial charge is 0.497 e. The molecule has 0 aliphatic heterocycles. The number of carbonyl (C=O) groups is 1. The van der Waals surface area contributed by atoms with E-state index in [2.05, 4.69) is 21.6 Å². The van der Waals surface area contributed by atoms with Crippen LogP contribution in [0.2, 0.25) is 0 Å². The van der Waals surface area contributed by atoms with Gasteiger partial charge in [0.15, 0.2) is 0 Å². The van der Waals surface area contributed by atoms with Crippen molar-refractivity contribution in [2.75, 3.05) is 12.9 Å². The number of nitrogens with one attached hydrogen (secondary N) is 1. The van der Waals surface area contributed by atoms with Gasteiger partial charge in [-0.25, -0.2) is 0 Å². The van der Waals surface area contributed by atoms with Gasteiger partial charge in [0.25, 0.3) is 5.22 Å². The zero-order valence-electron chi connectivity index (χ0n) is 14.7. The molecule has 1 unspecified atom stereocenters. The van der Waals surface area contributed by atoms with Crippen LogP contribution < -0.4 is 10.1 Å². The van der Waals surface area contributed by atoms with E-state index in [0.717, 1.165) is 24.2 Å². The van der Waals surface area contributed by atoms with E-state index in [1.54, 1.807) is 14.0 Å². The van der Waals surface area contributed by atoms with Crippen LogP contribution in [0.15, 0.2) is 33.9 Å². The molecule has 1 aromatic heterocycles. The van der Waals surface area contributed by atoms with E-state index in [1.807, 2.05) is 24.3 Å². The second-order valence-corrected chi connectivity index (χ2v) is 7.34. The molecule has 3 rings (SSSR count). The second-order valence-electron chi connectivity index (χ2n) is 6.41. The highest BCUT2D eigenvalue weighted by atomic mass is 32.2. The molecule has 1 N–H and O–H groups in total. The molecule has 136 valence electrons. The number of nitriles is 1. The monoisotopic (exact) mass is 372 g/mol. The molecule has 1 aromatic carbocycles. The van der Waals surface area contributed by atoms with E-state index in [-0.39, 0.29) is 17.6 Å². The summed E-state index contributed by atoms with van der Waals surface area (Å²) in [5, 5.41) is 20.4. The molecule has 1 aliphatic rings. The summed E-state index contributed by atoms with van der Waals surface area (Å²) in [4.78, 5) is 12.1. The number of carbonyl (C=O) groups excluding carboxylic acids is 1. The first-order valence-corrected chi connectivity index (χ1v) is 9.31. The van der Waals surface area contributed by atoms with Crippen molar-refractivity contribution in [3.8, 4) is 11.8 Å². The molecule has 1 fully saturated rings. The van der Waals surface area contributed by atoms with Gasteiger partial charge in [0.05, 0.1) is 25.4 Å². The Labute approximate surface area is 156 Å². The third-order valence-corrected chi connectivity index (χ3v) is 5.13. The number of hydrogen-bond donors (Lipinski definition) is 1. The second kappa shape index (κ2) is 7.79. The third-order valence-electron chi connectivity index (χ3n) is 4.31. The Kier molecular flexibility index (Phi) is 5.47. The summed E-state index contributed by atoms with van der Waals surface area (Å²) in [5.74, 6) is 1.45. The van der Waals surface area contributed by atoms with Crippen LogP contribution in [-0.2, 0) is 11.2 Å². The summed E-state index contributed by atoms with van der Waals surface area (Å²) in [6.45, 7) is 1.77. The average molecular weight is 372 g/mol. The Hall–Kier alpha value is -2.53. The predicted octanol–water partition coefficient (Wildman–Crippen LogP) is 2.57. The first kappa shape index (κ1) is 18.3. The van der Waals surface area contributed by atoms with Crippen molar-refractivity contribution in [1.29, 1.82) is 5.26 Å². The van der Waals surface area contributed by atoms with Crippen molar-refractivity contribution in [3.63, 3.8) is 0 Å². The van der Waals surface area contributed by atoms with Crippen molar-refractivity contribution >= 4 is 17.7 Å². The SMILES string of the molecule is COc1ccc(Cc2nnc(SCC(=O)NC(C)(C#N)C3CC3)o2)cc1. The van der Waals surface area contributed by atoms with Crippen LogP contribution in [0.1, 0.15) is 31.2 Å². The average Bonchev–Trinajstić information content (AvgIpc) is 3.42. The van der Waals surface area contributed by atoms with E-state index < -0.39 is 5.54 Å². The van der Waals surface area contributed by atoms with Crippen LogP contribution in [0.4, 0.5) is 0 Å². The lowest BCUT2D eigenvalue weighted by Crippen LogP contribution is -2.47. The fraction of sp³-hybridized carbons (Fsp3) is 0.444. The number of methoxy groups -OCH3 is 1. The summed E-state index contributed by atoms with van der Waals surface area (Å²) >= 11 is 1.17. The van der Waals surface area contributed by atoms with E-state index in [9.17, 15) is 10.1 Å². The van der Waals surface area contributed by atoms with E-state index in [0.29, 0.717) is 17.5 Å². The van der Waals surface area contributed by atoms with E-state index >= 15 is 0 Å². The number of benzene rings is 1. The van der Waals surface area contributed by atoms with Crippen molar-refractivity contribution < 1.29 is 13.9 Å². The van der Waals surface area contributed by atoms with Gasteiger partial charge in [-0.15, -0.1) is 10.2 Å². The van der Waals surface area contributed by atoms with Crippen LogP contribution in [0.3, 0.4) is 0 Å². The Morgan fingerprint density at radius 2 is 2.15 bits per heavy atom. The van der Waals surface area contributed by atoms with Crippen LogP contribution in [0, 0.1) is 17.2 Å². The Bertz CT molecular complexity index is 811. The molecular formula is C18H20N4O3S. The van der Waals surface area contributed by atoms with E-state index in [4.69, 9.17) is 9.15 Å². The maximum Gasteiger partial charge on any atom is 0.277 e. The van der Waals surface area contributed by atoms with Crippen LogP contribution in [0.25, 0.3) is 0 Å². The highest BCUT2D eigenvalue weighted by molar-refractivity contribution is 7.99. The molecule has 0 bridgehead atoms. The quantitative estimate of drug-likeness (QED) is 0.711. The molecule has 1 aliphatic carbocycles. The van der Waals surface area contributed by atoms with Gasteiger partial charge in [0, 0.05) is 0 Å². The molecule has 1 amide bonds. The maximum atomic E-state index is 12.1. The highest BCUT2D eigenvalue weighted by Crippen LogP contribution is 2.39. The Morgan fingerprint density at radius 3 is 2.77 bits per heavy atom. The van der Waals surface area contributed by atoms with Crippen molar-refractivity contribution in [1.82, 2.24) is 15.5 Å². The minimum Gasteiger partial charge on any atom is -0.497 e. The zero-order valence-corrected chi connectivity index (χ0v) is 15.5. The summed E-state index contributed by atoms with van der Waals surface area (Å²) in [6.07, 6.45) is 2.48. The van der Waals surface area contributed by atoms with Gasteiger partial charge in [-0.1, -0.05) is 23.9 Å². The number of hydrogen-bond acceptors (Lipinski definition) is 7. The van der Waals surface area contributed by atoms with Crippen LogP contribution in [-0.4, -0.2) is 34.5 Å². The fourth-order valence-corrected chi connectivity index (χ4v) is 3.20. The van der Waals surface area contributed by atoms with E-state index in [1.165, 1.54) is 11.8 Å². The summed E-state index contributed by atoms with van der Waals surface area (Å²) in [5.41, 5.74) is 0.240. The van der Waals surface area contributed by atoms with Gasteiger partial charge in [0.2, 0.25) is 11.8 Å². The zero-order chi connectivity index (χ0) is 18.6. The number of amides is 1. The minimum atomic E-state index is -0.786. The molecule has 26 heavy (non-hydrogen) atoms. The van der Waals surface area contributed by atoms with Crippen LogP contribution in [0.5, 0.6) is 5.75 Å². The Morgan fingerprint density at radius 1 is 1.42 bits per heavy atom. The van der Waals surface area contributed by atoms with Crippen molar-refractivity contribution in [2.24, 2.45) is 5.92 Å². The number of thioether (sulfide) groups is 1. The lowest BCUT2D eigenvalue weighted by atomic mass is 9.98. The smallest absolute Gasteiger partial charge is 0.277 e. The van der Waals surface area contributed by atoms with Gasteiger partial charge < -0.3 is 14.5 Å². The van der Waals surface area contributed by atoms with Gasteiger partial charge in [-0.05, 0) is 43.4 Å². The van der Waals surface area contributed by atoms with Crippen molar-refractivity contribution in [3.05, 3.63) is 35.7 Å². The number of nitrogens with zero attached hydrogens (tertiary/aromatic N) is 3. The predicted molar refractivity (Wildman–Crippen MR) is 95.7 cm³/mol. The molecule has 1 heterocycles. The molecule has 8 heteroatoms. The molecule has 2 aromatic rings. The van der Waals surface area contributed by atoms with Gasteiger partial charge in [-0.3, -0.25) is 4.79 Å². The number of aromatic nitrogens is 2. The molecule has 7 nitrogen and oxygen atoms in total. The summed E-state index contributed by atoms with van der Waals surface area (Å²) in [7, 11) is 1.62. The standard InChI is InChI=1S/C18H20N4O3S/c1-18(11-19,13-5-6-13)20-15(23)10-26-17-22-21-16(25-17)9-12-3-7-14(24-2)8-4-12/h3-4,7-8,13H,5-6,9-10H2,1-2H3,(H,20,23). The highest BCUT2D eigenvalue weighted by Gasteiger charge is 2.42. The lowest BCUT2D eigenvalue weighted by molar-refractivity contribution is -0.119.